The summed E-state index contributed by atoms with van der Waals surface area (Å²) in [5.74, 6) is 0.471. The SMILES string of the molecule is COc1n[nH]c2cc(NC(=O)NC(c3ccc(Cl)c(Cl)c3)C(C)(C)O)nc(CO)c12. The number of methoxy groups -OCH3 is 1. The molecule has 0 aliphatic carbocycles. The number of hydrogen-bond acceptors (Lipinski definition) is 6. The van der Waals surface area contributed by atoms with Crippen LogP contribution in [0.5, 0.6) is 5.88 Å². The molecule has 5 N–H and O–H groups in total. The summed E-state index contributed by atoms with van der Waals surface area (Å²) in [6, 6.07) is 4.99. The van der Waals surface area contributed by atoms with E-state index >= 15 is 0 Å². The van der Waals surface area contributed by atoms with Gasteiger partial charge in [-0.05, 0) is 31.5 Å². The molecule has 0 fully saturated rings. The van der Waals surface area contributed by atoms with Gasteiger partial charge in [0.15, 0.2) is 0 Å². The maximum Gasteiger partial charge on any atom is 0.320 e. The molecule has 2 amide bonds. The number of halogens is 2. The van der Waals surface area contributed by atoms with Gasteiger partial charge in [-0.25, -0.2) is 9.78 Å². The monoisotopic (exact) mass is 453 g/mol. The molecular weight excluding hydrogens is 433 g/mol. The third-order valence-electron chi connectivity index (χ3n) is 4.43. The minimum absolute atomic E-state index is 0.180. The fourth-order valence-electron chi connectivity index (χ4n) is 3.06. The van der Waals surface area contributed by atoms with E-state index in [-0.39, 0.29) is 18.1 Å². The summed E-state index contributed by atoms with van der Waals surface area (Å²) in [7, 11) is 1.45. The van der Waals surface area contributed by atoms with Crippen LogP contribution < -0.4 is 15.4 Å². The number of aromatic nitrogens is 3. The third-order valence-corrected chi connectivity index (χ3v) is 5.17. The van der Waals surface area contributed by atoms with Crippen LogP contribution in [0.1, 0.15) is 31.1 Å². The van der Waals surface area contributed by atoms with E-state index in [1.54, 1.807) is 38.1 Å². The van der Waals surface area contributed by atoms with Crippen molar-refractivity contribution in [2.24, 2.45) is 0 Å². The number of hydrogen-bond donors (Lipinski definition) is 5. The van der Waals surface area contributed by atoms with Gasteiger partial charge in [-0.15, -0.1) is 5.10 Å². The number of anilines is 1. The van der Waals surface area contributed by atoms with Crippen molar-refractivity contribution < 1.29 is 19.7 Å². The highest BCUT2D eigenvalue weighted by atomic mass is 35.5. The topological polar surface area (TPSA) is 132 Å². The zero-order chi connectivity index (χ0) is 22.1. The molecule has 160 valence electrons. The predicted octanol–water partition coefficient (Wildman–Crippen LogP) is 3.40. The van der Waals surface area contributed by atoms with Crippen molar-refractivity contribution in [3.05, 3.63) is 45.6 Å². The number of rotatable bonds is 6. The van der Waals surface area contributed by atoms with Crippen LogP contribution in [0.15, 0.2) is 24.3 Å². The van der Waals surface area contributed by atoms with Crippen molar-refractivity contribution in [2.75, 3.05) is 12.4 Å². The molecule has 30 heavy (non-hydrogen) atoms. The number of aromatic amines is 1. The molecule has 1 unspecified atom stereocenters. The normalized spacial score (nSPS) is 12.6. The van der Waals surface area contributed by atoms with Gasteiger partial charge in [-0.3, -0.25) is 10.4 Å². The summed E-state index contributed by atoms with van der Waals surface area (Å²) < 4.78 is 5.15. The van der Waals surface area contributed by atoms with E-state index in [4.69, 9.17) is 27.9 Å². The molecule has 2 heterocycles. The Hall–Kier alpha value is -2.59. The minimum Gasteiger partial charge on any atom is -0.479 e. The van der Waals surface area contributed by atoms with Gasteiger partial charge in [0.2, 0.25) is 5.88 Å². The number of nitrogens with zero attached hydrogens (tertiary/aromatic N) is 2. The third kappa shape index (κ3) is 4.59. The largest absolute Gasteiger partial charge is 0.479 e. The molecule has 11 heteroatoms. The van der Waals surface area contributed by atoms with Crippen molar-refractivity contribution in [1.82, 2.24) is 20.5 Å². The first-order valence-corrected chi connectivity index (χ1v) is 9.67. The van der Waals surface area contributed by atoms with Crippen molar-refractivity contribution in [1.29, 1.82) is 0 Å². The molecule has 0 aliphatic heterocycles. The first-order chi connectivity index (χ1) is 14.1. The second-order valence-electron chi connectivity index (χ2n) is 7.13. The number of amides is 2. The molecule has 2 aromatic heterocycles. The smallest absolute Gasteiger partial charge is 0.320 e. The summed E-state index contributed by atoms with van der Waals surface area (Å²) in [4.78, 5) is 16.9. The molecule has 3 rings (SSSR count). The summed E-state index contributed by atoms with van der Waals surface area (Å²) in [5.41, 5.74) is 0.0882. The molecule has 1 aromatic carbocycles. The van der Waals surface area contributed by atoms with Crippen LogP contribution in [-0.4, -0.2) is 44.1 Å². The number of urea groups is 1. The van der Waals surface area contributed by atoms with Crippen LogP contribution in [0, 0.1) is 0 Å². The summed E-state index contributed by atoms with van der Waals surface area (Å²) in [6.45, 7) is 2.75. The van der Waals surface area contributed by atoms with E-state index < -0.39 is 17.7 Å². The number of aliphatic hydroxyl groups excluding tert-OH is 1. The predicted molar refractivity (Wildman–Crippen MR) is 114 cm³/mol. The number of aliphatic hydroxyl groups is 2. The second kappa shape index (κ2) is 8.65. The zero-order valence-electron chi connectivity index (χ0n) is 16.5. The van der Waals surface area contributed by atoms with Crippen LogP contribution in [0.3, 0.4) is 0 Å². The molecule has 3 aromatic rings. The van der Waals surface area contributed by atoms with Gasteiger partial charge >= 0.3 is 6.03 Å². The highest BCUT2D eigenvalue weighted by molar-refractivity contribution is 6.42. The van der Waals surface area contributed by atoms with Crippen LogP contribution >= 0.6 is 23.2 Å². The van der Waals surface area contributed by atoms with Gasteiger partial charge in [-0.2, -0.15) is 0 Å². The Morgan fingerprint density at radius 3 is 2.63 bits per heavy atom. The maximum atomic E-state index is 12.6. The Morgan fingerprint density at radius 1 is 1.30 bits per heavy atom. The summed E-state index contributed by atoms with van der Waals surface area (Å²) in [5, 5.41) is 33.5. The van der Waals surface area contributed by atoms with E-state index in [1.807, 2.05) is 0 Å². The average molecular weight is 454 g/mol. The van der Waals surface area contributed by atoms with Gasteiger partial charge in [-0.1, -0.05) is 29.3 Å². The fraction of sp³-hybridized carbons (Fsp3) is 0.316. The van der Waals surface area contributed by atoms with Crippen LogP contribution in [0.4, 0.5) is 10.6 Å². The van der Waals surface area contributed by atoms with Gasteiger partial charge in [0.25, 0.3) is 0 Å². The number of H-pyrrole nitrogens is 1. The zero-order valence-corrected chi connectivity index (χ0v) is 18.0. The number of carbonyl (C=O) groups is 1. The number of ether oxygens (including phenoxy) is 1. The lowest BCUT2D eigenvalue weighted by molar-refractivity contribution is 0.0415. The molecular formula is C19H21Cl2N5O4. The maximum absolute atomic E-state index is 12.6. The van der Waals surface area contributed by atoms with E-state index in [0.29, 0.717) is 32.4 Å². The van der Waals surface area contributed by atoms with Crippen molar-refractivity contribution in [2.45, 2.75) is 32.1 Å². The van der Waals surface area contributed by atoms with Gasteiger partial charge in [0.05, 0.1) is 52.0 Å². The Balaban J connectivity index is 1.86. The Labute approximate surface area is 182 Å². The number of benzene rings is 1. The van der Waals surface area contributed by atoms with E-state index in [2.05, 4.69) is 25.8 Å². The Morgan fingerprint density at radius 2 is 2.03 bits per heavy atom. The molecule has 0 bridgehead atoms. The number of carbonyl (C=O) groups excluding carboxylic acids is 1. The van der Waals surface area contributed by atoms with Crippen molar-refractivity contribution in [3.63, 3.8) is 0 Å². The number of nitrogens with one attached hydrogen (secondary N) is 3. The van der Waals surface area contributed by atoms with Crippen LogP contribution in [0.2, 0.25) is 10.0 Å². The molecule has 0 spiro atoms. The van der Waals surface area contributed by atoms with Gasteiger partial charge in [0, 0.05) is 6.07 Å². The molecule has 0 saturated heterocycles. The van der Waals surface area contributed by atoms with Gasteiger partial charge < -0.3 is 20.3 Å². The summed E-state index contributed by atoms with van der Waals surface area (Å²) >= 11 is 12.0. The second-order valence-corrected chi connectivity index (χ2v) is 7.94. The molecule has 0 aliphatic rings. The highest BCUT2D eigenvalue weighted by Gasteiger charge is 2.30. The Kier molecular flexibility index (Phi) is 6.37. The minimum atomic E-state index is -1.31. The number of fused-ring (bicyclic) bond motifs is 1. The van der Waals surface area contributed by atoms with E-state index in [1.165, 1.54) is 7.11 Å². The summed E-state index contributed by atoms with van der Waals surface area (Å²) in [6.07, 6.45) is 0. The standard InChI is InChI=1S/C19H21Cl2N5O4/c1-19(2,29)16(9-4-5-10(20)11(21)6-9)24-18(28)23-14-7-12-15(13(8-27)22-14)17(30-3)26-25-12/h4-7,16,27,29H,8H2,1-3H3,(H,25,26)(H2,22,23,24,28). The van der Waals surface area contributed by atoms with Crippen molar-refractivity contribution >= 4 is 46.0 Å². The van der Waals surface area contributed by atoms with Crippen LogP contribution in [0.25, 0.3) is 10.9 Å². The van der Waals surface area contributed by atoms with Gasteiger partial charge in [0.1, 0.15) is 5.82 Å². The first kappa shape index (κ1) is 22.1. The van der Waals surface area contributed by atoms with E-state index in [0.717, 1.165) is 0 Å². The quantitative estimate of drug-likeness (QED) is 0.388. The lowest BCUT2D eigenvalue weighted by Crippen LogP contribution is -2.44. The van der Waals surface area contributed by atoms with Crippen LogP contribution in [-0.2, 0) is 6.61 Å². The lowest BCUT2D eigenvalue weighted by atomic mass is 9.92. The fourth-order valence-corrected chi connectivity index (χ4v) is 3.37. The molecule has 0 radical (unpaired) electrons. The molecule has 1 atom stereocenters. The Bertz CT molecular complexity index is 1080. The average Bonchev–Trinajstić information content (AvgIpc) is 3.10. The molecule has 9 nitrogen and oxygen atoms in total. The van der Waals surface area contributed by atoms with Crippen molar-refractivity contribution in [3.8, 4) is 5.88 Å². The van der Waals surface area contributed by atoms with E-state index in [9.17, 15) is 15.0 Å². The highest BCUT2D eigenvalue weighted by Crippen LogP contribution is 2.31. The lowest BCUT2D eigenvalue weighted by Gasteiger charge is -2.30. The molecule has 0 saturated carbocycles. The first-order valence-electron chi connectivity index (χ1n) is 8.91. The number of pyridine rings is 1.